The molecule has 1 N–H and O–H groups in total. The van der Waals surface area contributed by atoms with Gasteiger partial charge in [-0.2, -0.15) is 0 Å². The van der Waals surface area contributed by atoms with Crippen molar-refractivity contribution >= 4 is 23.2 Å². The van der Waals surface area contributed by atoms with E-state index in [1.165, 1.54) is 6.08 Å². The molecule has 104 valence electrons. The van der Waals surface area contributed by atoms with Crippen LogP contribution in [0.1, 0.15) is 26.3 Å². The summed E-state index contributed by atoms with van der Waals surface area (Å²) >= 11 is 5.83. The van der Waals surface area contributed by atoms with Crippen LogP contribution >= 0.6 is 11.6 Å². The van der Waals surface area contributed by atoms with Gasteiger partial charge in [0.05, 0.1) is 5.70 Å². The standard InChI is InChI=1S/C17H12ClNO2/c18-12-7-5-11(6-8-12)10-19-15-9-16(20)13-3-1-2-4-14(13)17(15)21/h1-9,19H,10H2. The first-order valence-corrected chi connectivity index (χ1v) is 6.91. The number of hydrogen-bond acceptors (Lipinski definition) is 3. The fraction of sp³-hybridized carbons (Fsp3) is 0.0588. The number of halogens is 1. The van der Waals surface area contributed by atoms with Crippen molar-refractivity contribution in [3.63, 3.8) is 0 Å². The Kier molecular flexibility index (Phi) is 3.59. The van der Waals surface area contributed by atoms with Crippen LogP contribution in [0.3, 0.4) is 0 Å². The van der Waals surface area contributed by atoms with E-state index in [2.05, 4.69) is 5.32 Å². The number of allylic oxidation sites excluding steroid dienone is 2. The predicted molar refractivity (Wildman–Crippen MR) is 81.5 cm³/mol. The van der Waals surface area contributed by atoms with Crippen LogP contribution < -0.4 is 5.32 Å². The van der Waals surface area contributed by atoms with Crippen LogP contribution in [0, 0.1) is 0 Å². The van der Waals surface area contributed by atoms with Gasteiger partial charge in [0.25, 0.3) is 0 Å². The Morgan fingerprint density at radius 2 is 1.57 bits per heavy atom. The van der Waals surface area contributed by atoms with Crippen LogP contribution in [0.15, 0.2) is 60.3 Å². The van der Waals surface area contributed by atoms with Crippen LogP contribution in [-0.4, -0.2) is 11.6 Å². The lowest BCUT2D eigenvalue weighted by Crippen LogP contribution is -2.26. The van der Waals surface area contributed by atoms with Gasteiger partial charge in [-0.05, 0) is 17.7 Å². The molecule has 4 heteroatoms. The van der Waals surface area contributed by atoms with Crippen molar-refractivity contribution in [2.45, 2.75) is 6.54 Å². The van der Waals surface area contributed by atoms with E-state index in [1.807, 2.05) is 12.1 Å². The van der Waals surface area contributed by atoms with Crippen LogP contribution in [-0.2, 0) is 6.54 Å². The Morgan fingerprint density at radius 1 is 0.905 bits per heavy atom. The number of carbonyl (C=O) groups is 2. The molecule has 0 saturated heterocycles. The molecule has 0 heterocycles. The number of Topliss-reactive ketones (excluding diaryl/α,β-unsaturated/α-hetero) is 1. The van der Waals surface area contributed by atoms with Gasteiger partial charge in [-0.1, -0.05) is 48.0 Å². The van der Waals surface area contributed by atoms with Crippen molar-refractivity contribution in [2.75, 3.05) is 0 Å². The molecule has 0 fully saturated rings. The molecule has 3 nitrogen and oxygen atoms in total. The smallest absolute Gasteiger partial charge is 0.209 e. The number of rotatable bonds is 3. The second kappa shape index (κ2) is 5.54. The lowest BCUT2D eigenvalue weighted by molar-refractivity contribution is 0.0978. The molecule has 1 aliphatic carbocycles. The van der Waals surface area contributed by atoms with Gasteiger partial charge in [0, 0.05) is 28.8 Å². The van der Waals surface area contributed by atoms with E-state index in [0.29, 0.717) is 28.4 Å². The fourth-order valence-corrected chi connectivity index (χ4v) is 2.37. The summed E-state index contributed by atoms with van der Waals surface area (Å²) in [5.74, 6) is -0.303. The van der Waals surface area contributed by atoms with Crippen LogP contribution in [0.2, 0.25) is 5.02 Å². The van der Waals surface area contributed by atoms with E-state index in [0.717, 1.165) is 5.56 Å². The average Bonchev–Trinajstić information content (AvgIpc) is 2.51. The number of hydrogen-bond donors (Lipinski definition) is 1. The molecule has 0 unspecified atom stereocenters. The summed E-state index contributed by atoms with van der Waals surface area (Å²) in [6.07, 6.45) is 1.36. The molecule has 2 aromatic rings. The minimum Gasteiger partial charge on any atom is -0.378 e. The summed E-state index contributed by atoms with van der Waals surface area (Å²) in [5, 5.41) is 3.69. The van der Waals surface area contributed by atoms with Crippen molar-refractivity contribution in [3.8, 4) is 0 Å². The third-order valence-electron chi connectivity index (χ3n) is 3.35. The fourth-order valence-electron chi connectivity index (χ4n) is 2.25. The van der Waals surface area contributed by atoms with Crippen molar-refractivity contribution in [2.24, 2.45) is 0 Å². The lowest BCUT2D eigenvalue weighted by Gasteiger charge is -2.16. The molecule has 0 bridgehead atoms. The van der Waals surface area contributed by atoms with Crippen molar-refractivity contribution in [1.29, 1.82) is 0 Å². The summed E-state index contributed by atoms with van der Waals surface area (Å²) in [5.41, 5.74) is 2.22. The van der Waals surface area contributed by atoms with Gasteiger partial charge in [0.1, 0.15) is 0 Å². The van der Waals surface area contributed by atoms with Crippen LogP contribution in [0.5, 0.6) is 0 Å². The second-order valence-electron chi connectivity index (χ2n) is 4.78. The highest BCUT2D eigenvalue weighted by atomic mass is 35.5. The summed E-state index contributed by atoms with van der Waals surface area (Å²) in [6, 6.07) is 14.2. The number of fused-ring (bicyclic) bond motifs is 1. The molecule has 0 amide bonds. The highest BCUT2D eigenvalue weighted by Gasteiger charge is 2.24. The third kappa shape index (κ3) is 2.73. The lowest BCUT2D eigenvalue weighted by atomic mass is 9.92. The first kappa shape index (κ1) is 13.6. The Balaban J connectivity index is 1.79. The van der Waals surface area contributed by atoms with E-state index in [4.69, 9.17) is 11.6 Å². The maximum atomic E-state index is 12.3. The molecule has 0 aliphatic heterocycles. The molecule has 21 heavy (non-hydrogen) atoms. The quantitative estimate of drug-likeness (QED) is 0.944. The summed E-state index contributed by atoms with van der Waals surface area (Å²) in [7, 11) is 0. The minimum atomic E-state index is -0.154. The van der Waals surface area contributed by atoms with E-state index < -0.39 is 0 Å². The van der Waals surface area contributed by atoms with E-state index >= 15 is 0 Å². The minimum absolute atomic E-state index is 0.149. The maximum absolute atomic E-state index is 12.3. The van der Waals surface area contributed by atoms with Crippen LogP contribution in [0.4, 0.5) is 0 Å². The molecule has 3 rings (SSSR count). The highest BCUT2D eigenvalue weighted by molar-refractivity contribution is 6.30. The SMILES string of the molecule is O=C1C=C(NCc2ccc(Cl)cc2)C(=O)c2ccccc21. The zero-order valence-electron chi connectivity index (χ0n) is 11.1. The molecular weight excluding hydrogens is 286 g/mol. The molecule has 0 radical (unpaired) electrons. The molecule has 0 atom stereocenters. The highest BCUT2D eigenvalue weighted by Crippen LogP contribution is 2.20. The number of nitrogens with one attached hydrogen (secondary N) is 1. The topological polar surface area (TPSA) is 46.2 Å². The predicted octanol–water partition coefficient (Wildman–Crippen LogP) is 3.39. The Morgan fingerprint density at radius 3 is 2.29 bits per heavy atom. The van der Waals surface area contributed by atoms with Gasteiger partial charge in [0.15, 0.2) is 5.78 Å². The second-order valence-corrected chi connectivity index (χ2v) is 5.21. The molecule has 0 saturated carbocycles. The van der Waals surface area contributed by atoms with Gasteiger partial charge >= 0.3 is 0 Å². The first-order chi connectivity index (χ1) is 10.1. The molecule has 0 spiro atoms. The summed E-state index contributed by atoms with van der Waals surface area (Å²) in [4.78, 5) is 24.3. The van der Waals surface area contributed by atoms with Gasteiger partial charge in [-0.15, -0.1) is 0 Å². The maximum Gasteiger partial charge on any atom is 0.209 e. The zero-order valence-corrected chi connectivity index (χ0v) is 11.9. The van der Waals surface area contributed by atoms with Gasteiger partial charge in [-0.3, -0.25) is 9.59 Å². The van der Waals surface area contributed by atoms with E-state index in [1.54, 1.807) is 36.4 Å². The van der Waals surface area contributed by atoms with Gasteiger partial charge in [0.2, 0.25) is 5.78 Å². The van der Waals surface area contributed by atoms with E-state index in [-0.39, 0.29) is 11.6 Å². The first-order valence-electron chi connectivity index (χ1n) is 6.53. The van der Waals surface area contributed by atoms with Crippen molar-refractivity contribution < 1.29 is 9.59 Å². The number of benzene rings is 2. The summed E-state index contributed by atoms with van der Waals surface area (Å²) < 4.78 is 0. The number of carbonyl (C=O) groups excluding carboxylic acids is 2. The van der Waals surface area contributed by atoms with Gasteiger partial charge < -0.3 is 5.32 Å². The molecule has 2 aromatic carbocycles. The monoisotopic (exact) mass is 297 g/mol. The third-order valence-corrected chi connectivity index (χ3v) is 3.61. The van der Waals surface area contributed by atoms with Crippen LogP contribution in [0.25, 0.3) is 0 Å². The Bertz CT molecular complexity index is 748. The number of ketones is 2. The van der Waals surface area contributed by atoms with E-state index in [9.17, 15) is 9.59 Å². The van der Waals surface area contributed by atoms with Crippen molar-refractivity contribution in [3.05, 3.63) is 82.0 Å². The average molecular weight is 298 g/mol. The normalized spacial score (nSPS) is 13.7. The van der Waals surface area contributed by atoms with Crippen molar-refractivity contribution in [1.82, 2.24) is 5.32 Å². The molecule has 0 aromatic heterocycles. The molecular formula is C17H12ClNO2. The zero-order chi connectivity index (χ0) is 14.8. The Hall–Kier alpha value is -2.39. The summed E-state index contributed by atoms with van der Waals surface area (Å²) in [6.45, 7) is 0.462. The van der Waals surface area contributed by atoms with Gasteiger partial charge in [-0.25, -0.2) is 0 Å². The largest absolute Gasteiger partial charge is 0.378 e. The molecule has 1 aliphatic rings. The Labute approximate surface area is 127 Å².